The highest BCUT2D eigenvalue weighted by Gasteiger charge is 2.16. The standard InChI is InChI=1S/C20H24N2O3/c23-19(21-10-9-20(24)22-11-13-25-14-12-22)8-6-16-5-7-17-3-1-2-4-18(17)15-16/h1-5,7,15H,6,8-14H2,(H,21,23). The van der Waals surface area contributed by atoms with Gasteiger partial charge >= 0.3 is 0 Å². The van der Waals surface area contributed by atoms with Crippen molar-refractivity contribution in [1.29, 1.82) is 0 Å². The predicted octanol–water partition coefficient (Wildman–Crippen LogP) is 2.14. The van der Waals surface area contributed by atoms with Crippen molar-refractivity contribution in [3.05, 3.63) is 48.0 Å². The van der Waals surface area contributed by atoms with Gasteiger partial charge in [0.2, 0.25) is 11.8 Å². The third-order valence-electron chi connectivity index (χ3n) is 4.48. The second-order valence-electron chi connectivity index (χ2n) is 6.27. The van der Waals surface area contributed by atoms with E-state index in [1.165, 1.54) is 10.8 Å². The predicted molar refractivity (Wildman–Crippen MR) is 97.3 cm³/mol. The van der Waals surface area contributed by atoms with Gasteiger partial charge in [-0.25, -0.2) is 0 Å². The van der Waals surface area contributed by atoms with Crippen LogP contribution in [0.15, 0.2) is 42.5 Å². The summed E-state index contributed by atoms with van der Waals surface area (Å²) in [6.45, 7) is 2.89. The topological polar surface area (TPSA) is 58.6 Å². The molecule has 1 saturated heterocycles. The Bertz CT molecular complexity index is 739. The van der Waals surface area contributed by atoms with Crippen LogP contribution in [0.25, 0.3) is 10.8 Å². The Hall–Kier alpha value is -2.40. The van der Waals surface area contributed by atoms with E-state index < -0.39 is 0 Å². The smallest absolute Gasteiger partial charge is 0.224 e. The molecule has 5 heteroatoms. The van der Waals surface area contributed by atoms with Crippen LogP contribution in [0.5, 0.6) is 0 Å². The van der Waals surface area contributed by atoms with Crippen LogP contribution in [0, 0.1) is 0 Å². The lowest BCUT2D eigenvalue weighted by atomic mass is 10.0. The number of benzene rings is 2. The molecule has 0 aliphatic carbocycles. The number of ether oxygens (including phenoxy) is 1. The number of fused-ring (bicyclic) bond motifs is 1. The fraction of sp³-hybridized carbons (Fsp3) is 0.400. The van der Waals surface area contributed by atoms with E-state index in [4.69, 9.17) is 4.74 Å². The molecule has 0 aromatic heterocycles. The zero-order chi connectivity index (χ0) is 17.5. The van der Waals surface area contributed by atoms with Crippen LogP contribution in [-0.2, 0) is 20.7 Å². The maximum Gasteiger partial charge on any atom is 0.224 e. The Kier molecular flexibility index (Phi) is 6.01. The number of carbonyl (C=O) groups excluding carboxylic acids is 2. The van der Waals surface area contributed by atoms with E-state index in [1.807, 2.05) is 12.1 Å². The molecule has 0 bridgehead atoms. The van der Waals surface area contributed by atoms with Gasteiger partial charge in [-0.15, -0.1) is 0 Å². The minimum absolute atomic E-state index is 0.0112. The van der Waals surface area contributed by atoms with Crippen LogP contribution in [0.3, 0.4) is 0 Å². The normalized spacial score (nSPS) is 14.5. The molecule has 1 aliphatic rings. The fourth-order valence-electron chi connectivity index (χ4n) is 3.02. The van der Waals surface area contributed by atoms with Crippen molar-refractivity contribution in [1.82, 2.24) is 10.2 Å². The van der Waals surface area contributed by atoms with Gasteiger partial charge in [0.1, 0.15) is 0 Å². The van der Waals surface area contributed by atoms with Crippen molar-refractivity contribution in [3.8, 4) is 0 Å². The summed E-state index contributed by atoms with van der Waals surface area (Å²) in [4.78, 5) is 25.8. The van der Waals surface area contributed by atoms with Crippen molar-refractivity contribution >= 4 is 22.6 Å². The number of aryl methyl sites for hydroxylation is 1. The lowest BCUT2D eigenvalue weighted by Crippen LogP contribution is -2.42. The maximum atomic E-state index is 12.0. The Morgan fingerprint density at radius 3 is 2.56 bits per heavy atom. The molecule has 1 fully saturated rings. The Morgan fingerprint density at radius 1 is 1.00 bits per heavy atom. The number of amides is 2. The molecule has 1 aliphatic heterocycles. The summed E-state index contributed by atoms with van der Waals surface area (Å²) in [7, 11) is 0. The summed E-state index contributed by atoms with van der Waals surface area (Å²) in [5.41, 5.74) is 1.15. The average Bonchev–Trinajstić information content (AvgIpc) is 2.67. The molecule has 0 unspecified atom stereocenters. The molecule has 2 aromatic rings. The second kappa shape index (κ2) is 8.62. The molecule has 0 atom stereocenters. The molecular formula is C20H24N2O3. The number of hydrogen-bond acceptors (Lipinski definition) is 3. The third kappa shape index (κ3) is 5.03. The van der Waals surface area contributed by atoms with Gasteiger partial charge in [-0.2, -0.15) is 0 Å². The van der Waals surface area contributed by atoms with Crippen LogP contribution in [0.4, 0.5) is 0 Å². The van der Waals surface area contributed by atoms with Gasteiger partial charge in [-0.3, -0.25) is 9.59 Å². The molecule has 25 heavy (non-hydrogen) atoms. The lowest BCUT2D eigenvalue weighted by molar-refractivity contribution is -0.135. The van der Waals surface area contributed by atoms with Gasteiger partial charge in [0.15, 0.2) is 0 Å². The van der Waals surface area contributed by atoms with Crippen LogP contribution >= 0.6 is 0 Å². The number of carbonyl (C=O) groups is 2. The van der Waals surface area contributed by atoms with Crippen LogP contribution in [-0.4, -0.2) is 49.6 Å². The van der Waals surface area contributed by atoms with Crippen LogP contribution in [0.1, 0.15) is 18.4 Å². The highest BCUT2D eigenvalue weighted by atomic mass is 16.5. The summed E-state index contributed by atoms with van der Waals surface area (Å²) in [6, 6.07) is 14.5. The van der Waals surface area contributed by atoms with Crippen molar-refractivity contribution < 1.29 is 14.3 Å². The van der Waals surface area contributed by atoms with E-state index in [-0.39, 0.29) is 11.8 Å². The molecule has 132 valence electrons. The highest BCUT2D eigenvalue weighted by Crippen LogP contribution is 2.16. The van der Waals surface area contributed by atoms with E-state index in [2.05, 4.69) is 35.6 Å². The van der Waals surface area contributed by atoms with Crippen molar-refractivity contribution in [2.75, 3.05) is 32.8 Å². The van der Waals surface area contributed by atoms with Gasteiger partial charge in [0.25, 0.3) is 0 Å². The summed E-state index contributed by atoms with van der Waals surface area (Å²) in [5.74, 6) is 0.0704. The van der Waals surface area contributed by atoms with Crippen LogP contribution in [0.2, 0.25) is 0 Å². The molecule has 5 nitrogen and oxygen atoms in total. The molecule has 3 rings (SSSR count). The quantitative estimate of drug-likeness (QED) is 0.876. The van der Waals surface area contributed by atoms with Gasteiger partial charge in [-0.05, 0) is 22.8 Å². The molecular weight excluding hydrogens is 316 g/mol. The number of hydrogen-bond donors (Lipinski definition) is 1. The molecule has 2 amide bonds. The minimum atomic E-state index is -0.0112. The average molecular weight is 340 g/mol. The molecule has 2 aromatic carbocycles. The third-order valence-corrected chi connectivity index (χ3v) is 4.48. The first-order valence-corrected chi connectivity index (χ1v) is 8.82. The number of morpholine rings is 1. The first kappa shape index (κ1) is 17.4. The summed E-state index contributed by atoms with van der Waals surface area (Å²) < 4.78 is 5.23. The number of nitrogens with one attached hydrogen (secondary N) is 1. The van der Waals surface area contributed by atoms with E-state index in [1.54, 1.807) is 4.90 Å². The van der Waals surface area contributed by atoms with Gasteiger partial charge in [-0.1, -0.05) is 42.5 Å². The second-order valence-corrected chi connectivity index (χ2v) is 6.27. The van der Waals surface area contributed by atoms with Crippen molar-refractivity contribution in [2.45, 2.75) is 19.3 Å². The maximum absolute atomic E-state index is 12.0. The SMILES string of the molecule is O=C(CCc1ccc2ccccc2c1)NCCC(=O)N1CCOCC1. The van der Waals surface area contributed by atoms with E-state index in [9.17, 15) is 9.59 Å². The van der Waals surface area contributed by atoms with E-state index in [0.717, 1.165) is 5.56 Å². The molecule has 0 saturated carbocycles. The van der Waals surface area contributed by atoms with Gasteiger partial charge in [0.05, 0.1) is 13.2 Å². The first-order valence-electron chi connectivity index (χ1n) is 8.82. The zero-order valence-corrected chi connectivity index (χ0v) is 14.4. The number of nitrogens with zero attached hydrogens (tertiary/aromatic N) is 1. The zero-order valence-electron chi connectivity index (χ0n) is 14.4. The largest absolute Gasteiger partial charge is 0.378 e. The van der Waals surface area contributed by atoms with E-state index in [0.29, 0.717) is 52.1 Å². The lowest BCUT2D eigenvalue weighted by Gasteiger charge is -2.26. The van der Waals surface area contributed by atoms with Crippen molar-refractivity contribution in [2.24, 2.45) is 0 Å². The summed E-state index contributed by atoms with van der Waals surface area (Å²) in [6.07, 6.45) is 1.49. The fourth-order valence-corrected chi connectivity index (χ4v) is 3.02. The van der Waals surface area contributed by atoms with E-state index >= 15 is 0 Å². The summed E-state index contributed by atoms with van der Waals surface area (Å²) >= 11 is 0. The Morgan fingerprint density at radius 2 is 1.76 bits per heavy atom. The Balaban J connectivity index is 1.39. The number of rotatable bonds is 6. The highest BCUT2D eigenvalue weighted by molar-refractivity contribution is 5.83. The van der Waals surface area contributed by atoms with Gasteiger partial charge in [0, 0.05) is 32.5 Å². The van der Waals surface area contributed by atoms with Crippen molar-refractivity contribution in [3.63, 3.8) is 0 Å². The summed E-state index contributed by atoms with van der Waals surface area (Å²) in [5, 5.41) is 5.24. The first-order chi connectivity index (χ1) is 12.2. The molecule has 0 radical (unpaired) electrons. The monoisotopic (exact) mass is 340 g/mol. The van der Waals surface area contributed by atoms with Crippen LogP contribution < -0.4 is 5.32 Å². The Labute approximate surface area is 148 Å². The molecule has 1 N–H and O–H groups in total. The molecule has 1 heterocycles. The minimum Gasteiger partial charge on any atom is -0.378 e. The van der Waals surface area contributed by atoms with Gasteiger partial charge < -0.3 is 15.0 Å². The molecule has 0 spiro atoms.